The van der Waals surface area contributed by atoms with Gasteiger partial charge in [0.1, 0.15) is 11.1 Å². The fourth-order valence-electron chi connectivity index (χ4n) is 10.3. The summed E-state index contributed by atoms with van der Waals surface area (Å²) in [7, 11) is 2.51. The molecule has 2 fully saturated rings. The lowest BCUT2D eigenvalue weighted by Gasteiger charge is -2.33. The van der Waals surface area contributed by atoms with Crippen molar-refractivity contribution in [1.29, 1.82) is 0 Å². The zero-order chi connectivity index (χ0) is 97.3. The highest BCUT2D eigenvalue weighted by Gasteiger charge is 2.71. The van der Waals surface area contributed by atoms with E-state index in [1.165, 1.54) is 76.2 Å². The van der Waals surface area contributed by atoms with Gasteiger partial charge in [-0.05, 0) is 124 Å². The van der Waals surface area contributed by atoms with Gasteiger partial charge in [-0.2, -0.15) is 39.5 Å². The van der Waals surface area contributed by atoms with E-state index in [1.54, 1.807) is 26.1 Å². The Labute approximate surface area is 694 Å². The van der Waals surface area contributed by atoms with Crippen LogP contribution in [0.15, 0.2) is 72.8 Å². The normalized spacial score (nSPS) is 19.3. The number of amides is 7. The molecule has 10 rings (SSSR count). The number of ether oxygens (including phenoxy) is 2. The van der Waals surface area contributed by atoms with Crippen molar-refractivity contribution in [3.63, 3.8) is 0 Å². The van der Waals surface area contributed by atoms with Gasteiger partial charge in [-0.15, -0.1) is 0 Å². The van der Waals surface area contributed by atoms with Gasteiger partial charge < -0.3 is 14.8 Å². The van der Waals surface area contributed by atoms with Crippen LogP contribution in [-0.2, 0) is 35.4 Å². The summed E-state index contributed by atoms with van der Waals surface area (Å²) in [6.07, 6.45) is -12.9. The molecular formula is C83H88F28N4O9. The van der Waals surface area contributed by atoms with Crippen molar-refractivity contribution in [3.8, 4) is 11.1 Å². The molecule has 6 aromatic rings. The molecule has 4 aliphatic rings. The third-order valence-electron chi connectivity index (χ3n) is 20.3. The Bertz CT molecular complexity index is 4760. The number of aryl methyl sites for hydroxylation is 4. The number of hydrogen-bond donors (Lipinski definition) is 1. The Morgan fingerprint density at radius 1 is 0.419 bits per heavy atom. The number of carbonyl (C=O) groups is 7. The average molecular weight is 1820 g/mol. The second-order valence-electron chi connectivity index (χ2n) is 31.8. The molecule has 4 aliphatic heterocycles. The first-order valence-corrected chi connectivity index (χ1v) is 36.6. The molecular weight excluding hydrogens is 1730 g/mol. The van der Waals surface area contributed by atoms with Crippen LogP contribution in [0.4, 0.5) is 134 Å². The minimum Gasteiger partial charge on any atom is -0.321 e. The molecule has 0 bridgehead atoms. The van der Waals surface area contributed by atoms with Crippen molar-refractivity contribution in [3.05, 3.63) is 186 Å². The lowest BCUT2D eigenvalue weighted by atomic mass is 9.74. The Balaban J connectivity index is 0.000000390. The third-order valence-corrected chi connectivity index (χ3v) is 20.3. The van der Waals surface area contributed by atoms with Crippen LogP contribution in [0, 0.1) is 103 Å². The Morgan fingerprint density at radius 2 is 0.750 bits per heavy atom. The number of carbonyl (C=O) groups excluding carboxylic acids is 7. The highest BCUT2D eigenvalue weighted by molar-refractivity contribution is 6.23. The molecule has 0 spiro atoms. The summed E-state index contributed by atoms with van der Waals surface area (Å²) in [4.78, 5) is 87.3. The number of imide groups is 3. The summed E-state index contributed by atoms with van der Waals surface area (Å²) in [6.45, 7) is 27.5. The van der Waals surface area contributed by atoms with Gasteiger partial charge in [-0.3, -0.25) is 48.3 Å². The van der Waals surface area contributed by atoms with E-state index >= 15 is 0 Å². The number of fused-ring (bicyclic) bond motifs is 2. The minimum absolute atomic E-state index is 0.0106. The molecule has 2 saturated heterocycles. The SMILES string of the molecule is CC(F)(F)C(C)(F)F.CC(F)(F)C(C)(F)F.CC1(F)OC(C)(C(F)(F)F)OC1(C)F.CCC(C)(C)C.CCC(C)(C)C(=O)Nc1c(F)c(F)c(-c2c(F)c(F)c(F)c(F)c2F)c(F)c1F.CN1C(=O)c2ccc(C(C)(c3ccc4c(c3)C(=O)N(C)C4=O)C(F)(F)F)cc2C1=O.Cc1cc(N2C(=O)C(C)C(C)C2=O)cc(C(F)(F)F)c1.Cc1ccc(C)c(C)c1. The van der Waals surface area contributed by atoms with Crippen molar-refractivity contribution >= 4 is 52.7 Å². The monoisotopic (exact) mass is 1820 g/mol. The van der Waals surface area contributed by atoms with E-state index in [-0.39, 0.29) is 73.2 Å². The van der Waals surface area contributed by atoms with Crippen molar-refractivity contribution < 1.29 is 166 Å². The first-order chi connectivity index (χ1) is 55.5. The highest BCUT2D eigenvalue weighted by atomic mass is 19.4. The molecule has 124 heavy (non-hydrogen) atoms. The van der Waals surface area contributed by atoms with E-state index in [9.17, 15) is 156 Å². The zero-order valence-electron chi connectivity index (χ0n) is 70.6. The van der Waals surface area contributed by atoms with Gasteiger partial charge in [0, 0.05) is 72.9 Å². The van der Waals surface area contributed by atoms with E-state index in [2.05, 4.69) is 76.1 Å². The second kappa shape index (κ2) is 38.2. The van der Waals surface area contributed by atoms with Gasteiger partial charge in [-0.25, -0.2) is 83.4 Å². The van der Waals surface area contributed by atoms with Gasteiger partial charge in [0.15, 0.2) is 46.5 Å². The van der Waals surface area contributed by atoms with Crippen LogP contribution in [0.1, 0.15) is 211 Å². The van der Waals surface area contributed by atoms with E-state index in [0.717, 1.165) is 58.0 Å². The molecule has 4 unspecified atom stereocenters. The summed E-state index contributed by atoms with van der Waals surface area (Å²) in [6, 6.07) is 16.6. The number of hydrogen-bond acceptors (Lipinski definition) is 9. The van der Waals surface area contributed by atoms with Gasteiger partial charge in [0.05, 0.1) is 44.6 Å². The average Bonchev–Trinajstić information content (AvgIpc) is 1.40. The molecule has 13 nitrogen and oxygen atoms in total. The van der Waals surface area contributed by atoms with E-state index in [4.69, 9.17) is 0 Å². The van der Waals surface area contributed by atoms with Gasteiger partial charge in [-0.1, -0.05) is 105 Å². The van der Waals surface area contributed by atoms with Crippen molar-refractivity contribution in [2.75, 3.05) is 24.3 Å². The predicted octanol–water partition coefficient (Wildman–Crippen LogP) is 24.5. The first-order valence-electron chi connectivity index (χ1n) is 36.6. The minimum atomic E-state index is -5.00. The number of nitrogens with zero attached hydrogens (tertiary/aromatic N) is 3. The Kier molecular flexibility index (Phi) is 33.3. The second-order valence-corrected chi connectivity index (χ2v) is 31.8. The first kappa shape index (κ1) is 108. The smallest absolute Gasteiger partial charge is 0.321 e. The molecule has 0 aromatic heterocycles. The number of rotatable bonds is 9. The molecule has 0 aliphatic carbocycles. The van der Waals surface area contributed by atoms with Crippen molar-refractivity contribution in [2.24, 2.45) is 22.7 Å². The lowest BCUT2D eigenvalue weighted by Crippen LogP contribution is -2.44. The fourth-order valence-corrected chi connectivity index (χ4v) is 10.3. The highest BCUT2D eigenvalue weighted by Crippen LogP contribution is 2.53. The van der Waals surface area contributed by atoms with Crippen LogP contribution in [0.2, 0.25) is 0 Å². The quantitative estimate of drug-likeness (QED) is 0.0643. The van der Waals surface area contributed by atoms with E-state index < -0.39 is 198 Å². The van der Waals surface area contributed by atoms with Crippen LogP contribution in [0.3, 0.4) is 0 Å². The summed E-state index contributed by atoms with van der Waals surface area (Å²) in [5, 5.41) is 1.63. The maximum absolute atomic E-state index is 14.4. The Morgan fingerprint density at radius 3 is 1.03 bits per heavy atom. The van der Waals surface area contributed by atoms with Crippen LogP contribution >= 0.6 is 0 Å². The maximum Gasteiger partial charge on any atom is 0.443 e. The third kappa shape index (κ3) is 24.0. The molecule has 7 amide bonds. The summed E-state index contributed by atoms with van der Waals surface area (Å²) < 4.78 is 369. The number of halogens is 28. The molecule has 1 N–H and O–H groups in total. The molecule has 6 aromatic carbocycles. The topological polar surface area (TPSA) is 160 Å². The fraction of sp³-hybridized carbons (Fsp3) is 0.482. The molecule has 0 radical (unpaired) electrons. The zero-order valence-corrected chi connectivity index (χ0v) is 70.6. The Hall–Kier alpha value is -9.83. The molecule has 4 atom stereocenters. The largest absolute Gasteiger partial charge is 0.443 e. The van der Waals surface area contributed by atoms with Gasteiger partial charge in [0.2, 0.25) is 23.5 Å². The summed E-state index contributed by atoms with van der Waals surface area (Å²) in [5.41, 5.74) is -6.30. The standard InChI is InChI=1S/C21H15F3N2O4.C18H12F9NO.C14H14F3NO2.C9H12.C7H9F5O2.C6H14.2C4H6F4/c1-20(21(22,23)24,10-4-6-12-14(8-10)18(29)25(2)16(12)27)11-5-7-13-15(9-11)19(30)26(3)17(13)28;1-4-18(2,3)17(29)28-16-14(26)9(21)6(10(22)15(16)27)5-7(19)11(23)13(25)12(24)8(5)20;1-7-4-10(14(15,16)17)6-11(5-7)18-12(19)8(2)9(3)13(18)20;1-7-4-5-8(2)9(3)6-7;1-4(8)5(2,9)14-6(3,13-4)7(10,11)12;1-5-6(2,3)4;2*1-3(5,6)4(2,7)8/h4-9H,1-3H3;4H2,1-3H3,(H,28,29);4-6,8-9H,1-3H3;4-6H,1-3H3;1-3H3;5H2,1-4H3;2*1-2H3. The van der Waals surface area contributed by atoms with E-state index in [0.29, 0.717) is 31.7 Å². The number of anilines is 2. The van der Waals surface area contributed by atoms with Crippen molar-refractivity contribution in [1.82, 2.24) is 9.80 Å². The lowest BCUT2D eigenvalue weighted by molar-refractivity contribution is -0.359. The maximum atomic E-state index is 14.4. The van der Waals surface area contributed by atoms with Crippen LogP contribution in [0.25, 0.3) is 11.1 Å². The number of nitrogens with one attached hydrogen (secondary N) is 1. The van der Waals surface area contributed by atoms with Crippen molar-refractivity contribution in [2.45, 2.75) is 223 Å². The molecule has 41 heteroatoms. The molecule has 690 valence electrons. The van der Waals surface area contributed by atoms with Gasteiger partial charge >= 0.3 is 42.2 Å². The van der Waals surface area contributed by atoms with E-state index in [1.807, 2.05) is 0 Å². The van der Waals surface area contributed by atoms with Gasteiger partial charge in [0.25, 0.3) is 41.1 Å². The summed E-state index contributed by atoms with van der Waals surface area (Å²) in [5.74, 6) is -53.3. The molecule has 0 saturated carbocycles. The number of benzene rings is 6. The van der Waals surface area contributed by atoms with Crippen LogP contribution < -0.4 is 10.2 Å². The van der Waals surface area contributed by atoms with Crippen LogP contribution in [0.5, 0.6) is 0 Å². The molecule has 4 heterocycles. The predicted molar refractivity (Wildman–Crippen MR) is 398 cm³/mol. The number of alkyl halides is 19. The van der Waals surface area contributed by atoms with Crippen LogP contribution in [-0.4, -0.2) is 119 Å². The summed E-state index contributed by atoms with van der Waals surface area (Å²) >= 11 is 0.